The van der Waals surface area contributed by atoms with E-state index in [1.807, 2.05) is 28.7 Å². The van der Waals surface area contributed by atoms with E-state index in [9.17, 15) is 4.79 Å². The number of nitrogens with one attached hydrogen (secondary N) is 1. The Morgan fingerprint density at radius 3 is 2.79 bits per heavy atom. The maximum Gasteiger partial charge on any atom is 0.325 e. The molecule has 0 aliphatic carbocycles. The Morgan fingerprint density at radius 2 is 2.21 bits per heavy atom. The molecule has 0 radical (unpaired) electrons. The van der Waals surface area contributed by atoms with Crippen molar-refractivity contribution in [1.82, 2.24) is 24.2 Å². The summed E-state index contributed by atoms with van der Waals surface area (Å²) in [5, 5.41) is 4.19. The van der Waals surface area contributed by atoms with Gasteiger partial charge in [0.1, 0.15) is 0 Å². The van der Waals surface area contributed by atoms with Gasteiger partial charge in [-0.2, -0.15) is 5.10 Å². The Hall–Kier alpha value is -1.82. The van der Waals surface area contributed by atoms with Crippen LogP contribution in [0.1, 0.15) is 24.6 Å². The summed E-state index contributed by atoms with van der Waals surface area (Å²) in [6, 6.07) is 2.39. The highest BCUT2D eigenvalue weighted by molar-refractivity contribution is 5.00. The molecule has 3 heterocycles. The lowest BCUT2D eigenvalue weighted by atomic mass is 10.0. The van der Waals surface area contributed by atoms with Crippen molar-refractivity contribution in [2.24, 2.45) is 7.05 Å². The van der Waals surface area contributed by atoms with Crippen molar-refractivity contribution in [1.29, 1.82) is 0 Å². The lowest BCUT2D eigenvalue weighted by molar-refractivity contribution is 0.174. The maximum absolute atomic E-state index is 11.6. The molecule has 6 heteroatoms. The molecule has 1 aliphatic heterocycles. The number of imidazole rings is 1. The highest BCUT2D eigenvalue weighted by Gasteiger charge is 2.21. The molecular formula is C13H19N5O. The SMILES string of the molecule is Cn1nccc1CN1CCC(n2cc[nH]c2=O)CC1. The lowest BCUT2D eigenvalue weighted by Crippen LogP contribution is -2.36. The molecule has 0 atom stereocenters. The Labute approximate surface area is 111 Å². The van der Waals surface area contributed by atoms with E-state index in [-0.39, 0.29) is 5.69 Å². The Bertz CT molecular complexity index is 588. The van der Waals surface area contributed by atoms with Crippen molar-refractivity contribution >= 4 is 0 Å². The first kappa shape index (κ1) is 12.2. The number of piperidine rings is 1. The molecule has 19 heavy (non-hydrogen) atoms. The zero-order chi connectivity index (χ0) is 13.2. The van der Waals surface area contributed by atoms with Crippen LogP contribution in [-0.4, -0.2) is 37.3 Å². The first-order valence-corrected chi connectivity index (χ1v) is 6.69. The van der Waals surface area contributed by atoms with Crippen molar-refractivity contribution in [3.8, 4) is 0 Å². The topological polar surface area (TPSA) is 58.9 Å². The summed E-state index contributed by atoms with van der Waals surface area (Å²) < 4.78 is 3.74. The van der Waals surface area contributed by atoms with E-state index in [2.05, 4.69) is 21.0 Å². The second-order valence-electron chi connectivity index (χ2n) is 5.13. The molecule has 0 bridgehead atoms. The molecule has 102 valence electrons. The first-order valence-electron chi connectivity index (χ1n) is 6.69. The van der Waals surface area contributed by atoms with Crippen LogP contribution in [0.2, 0.25) is 0 Å². The summed E-state index contributed by atoms with van der Waals surface area (Å²) in [5.41, 5.74) is 1.24. The number of rotatable bonds is 3. The number of nitrogens with zero attached hydrogens (tertiary/aromatic N) is 4. The van der Waals surface area contributed by atoms with Crippen LogP contribution in [0.3, 0.4) is 0 Å². The van der Waals surface area contributed by atoms with Gasteiger partial charge in [0.05, 0.1) is 5.69 Å². The average molecular weight is 261 g/mol. The van der Waals surface area contributed by atoms with Crippen LogP contribution in [-0.2, 0) is 13.6 Å². The smallest absolute Gasteiger partial charge is 0.313 e. The Morgan fingerprint density at radius 1 is 1.42 bits per heavy atom. The minimum Gasteiger partial charge on any atom is -0.313 e. The van der Waals surface area contributed by atoms with Crippen molar-refractivity contribution in [3.05, 3.63) is 40.8 Å². The lowest BCUT2D eigenvalue weighted by Gasteiger charge is -2.32. The largest absolute Gasteiger partial charge is 0.325 e. The van der Waals surface area contributed by atoms with E-state index in [0.717, 1.165) is 32.5 Å². The molecule has 0 saturated carbocycles. The molecule has 1 fully saturated rings. The molecule has 2 aromatic heterocycles. The van der Waals surface area contributed by atoms with Gasteiger partial charge in [0.15, 0.2) is 0 Å². The number of aryl methyl sites for hydroxylation is 1. The van der Waals surface area contributed by atoms with E-state index in [4.69, 9.17) is 0 Å². The van der Waals surface area contributed by atoms with Gasteiger partial charge in [-0.3, -0.25) is 14.1 Å². The number of H-pyrrole nitrogens is 1. The minimum atomic E-state index is 0.00471. The molecule has 1 aliphatic rings. The number of aromatic amines is 1. The highest BCUT2D eigenvalue weighted by atomic mass is 16.1. The summed E-state index contributed by atoms with van der Waals surface area (Å²) in [5.74, 6) is 0. The fourth-order valence-electron chi connectivity index (χ4n) is 2.76. The molecule has 2 aromatic rings. The number of aromatic nitrogens is 4. The van der Waals surface area contributed by atoms with Gasteiger partial charge in [0.2, 0.25) is 0 Å². The minimum absolute atomic E-state index is 0.00471. The molecule has 1 N–H and O–H groups in total. The molecule has 1 saturated heterocycles. The molecular weight excluding hydrogens is 242 g/mol. The second kappa shape index (κ2) is 5.05. The van der Waals surface area contributed by atoms with E-state index in [1.165, 1.54) is 5.69 Å². The van der Waals surface area contributed by atoms with Gasteiger partial charge >= 0.3 is 5.69 Å². The van der Waals surface area contributed by atoms with Crippen LogP contribution in [0.15, 0.2) is 29.5 Å². The van der Waals surface area contributed by atoms with E-state index in [0.29, 0.717) is 6.04 Å². The first-order chi connectivity index (χ1) is 9.24. The number of hydrogen-bond donors (Lipinski definition) is 1. The molecule has 6 nitrogen and oxygen atoms in total. The van der Waals surface area contributed by atoms with E-state index >= 15 is 0 Å². The van der Waals surface area contributed by atoms with Gasteiger partial charge in [-0.25, -0.2) is 4.79 Å². The van der Waals surface area contributed by atoms with Gasteiger partial charge in [0, 0.05) is 51.3 Å². The Kier molecular flexibility index (Phi) is 3.25. The summed E-state index contributed by atoms with van der Waals surface area (Å²) in [4.78, 5) is 16.7. The fourth-order valence-corrected chi connectivity index (χ4v) is 2.76. The molecule has 0 unspecified atom stereocenters. The van der Waals surface area contributed by atoms with E-state index < -0.39 is 0 Å². The monoisotopic (exact) mass is 261 g/mol. The fraction of sp³-hybridized carbons (Fsp3) is 0.538. The van der Waals surface area contributed by atoms with Crippen LogP contribution >= 0.6 is 0 Å². The quantitative estimate of drug-likeness (QED) is 0.887. The van der Waals surface area contributed by atoms with Crippen molar-refractivity contribution in [3.63, 3.8) is 0 Å². The second-order valence-corrected chi connectivity index (χ2v) is 5.13. The van der Waals surface area contributed by atoms with Crippen molar-refractivity contribution in [2.75, 3.05) is 13.1 Å². The van der Waals surface area contributed by atoms with Crippen molar-refractivity contribution in [2.45, 2.75) is 25.4 Å². The standard InChI is InChI=1S/C13H19N5O/c1-16-12(2-5-15-16)10-17-7-3-11(4-8-17)18-9-6-14-13(18)19/h2,5-6,9,11H,3-4,7-8,10H2,1H3,(H,14,19). The molecule has 0 aromatic carbocycles. The van der Waals surface area contributed by atoms with Gasteiger partial charge in [0.25, 0.3) is 0 Å². The van der Waals surface area contributed by atoms with Crippen LogP contribution in [0.4, 0.5) is 0 Å². The summed E-state index contributed by atoms with van der Waals surface area (Å²) >= 11 is 0. The van der Waals surface area contributed by atoms with E-state index in [1.54, 1.807) is 6.20 Å². The Balaban J connectivity index is 1.59. The maximum atomic E-state index is 11.6. The predicted octanol–water partition coefficient (Wildman–Crippen LogP) is 0.747. The van der Waals surface area contributed by atoms with Gasteiger partial charge in [-0.1, -0.05) is 0 Å². The van der Waals surface area contributed by atoms with Gasteiger partial charge in [-0.05, 0) is 18.9 Å². The van der Waals surface area contributed by atoms with Crippen LogP contribution in [0.5, 0.6) is 0 Å². The van der Waals surface area contributed by atoms with Gasteiger partial charge < -0.3 is 4.98 Å². The van der Waals surface area contributed by atoms with Crippen LogP contribution < -0.4 is 5.69 Å². The number of hydrogen-bond acceptors (Lipinski definition) is 3. The summed E-state index contributed by atoms with van der Waals surface area (Å²) in [6.45, 7) is 2.98. The third-order valence-corrected chi connectivity index (χ3v) is 3.94. The zero-order valence-corrected chi connectivity index (χ0v) is 11.1. The van der Waals surface area contributed by atoms with Gasteiger partial charge in [-0.15, -0.1) is 0 Å². The number of likely N-dealkylation sites (tertiary alicyclic amines) is 1. The third-order valence-electron chi connectivity index (χ3n) is 3.94. The zero-order valence-electron chi connectivity index (χ0n) is 11.1. The molecule has 0 amide bonds. The predicted molar refractivity (Wildman–Crippen MR) is 71.8 cm³/mol. The average Bonchev–Trinajstić information content (AvgIpc) is 3.00. The summed E-state index contributed by atoms with van der Waals surface area (Å²) in [6.07, 6.45) is 7.45. The van der Waals surface area contributed by atoms with Crippen molar-refractivity contribution < 1.29 is 0 Å². The molecule has 3 rings (SSSR count). The molecule has 0 spiro atoms. The van der Waals surface area contributed by atoms with Crippen LogP contribution in [0.25, 0.3) is 0 Å². The summed E-state index contributed by atoms with van der Waals surface area (Å²) in [7, 11) is 1.97. The highest BCUT2D eigenvalue weighted by Crippen LogP contribution is 2.21. The van der Waals surface area contributed by atoms with Crippen LogP contribution in [0, 0.1) is 0 Å². The third kappa shape index (κ3) is 2.49. The normalized spacial score (nSPS) is 17.9.